The number of rotatable bonds is 5. The van der Waals surface area contributed by atoms with E-state index in [4.69, 9.17) is 4.74 Å². The van der Waals surface area contributed by atoms with Crippen molar-refractivity contribution < 1.29 is 9.53 Å². The zero-order chi connectivity index (χ0) is 19.7. The van der Waals surface area contributed by atoms with Crippen LogP contribution in [0.5, 0.6) is 5.75 Å². The maximum Gasteiger partial charge on any atom is 0.274 e. The molecule has 9 heteroatoms. The Morgan fingerprint density at radius 1 is 1.25 bits per heavy atom. The van der Waals surface area contributed by atoms with E-state index in [1.807, 2.05) is 23.6 Å². The van der Waals surface area contributed by atoms with Crippen LogP contribution in [0, 0.1) is 6.92 Å². The number of hydrogen-bond donors (Lipinski definition) is 1. The van der Waals surface area contributed by atoms with Crippen LogP contribution in [0.2, 0.25) is 0 Å². The van der Waals surface area contributed by atoms with Gasteiger partial charge in [-0.25, -0.2) is 4.98 Å². The normalized spacial score (nSPS) is 10.9. The number of nitrogens with zero attached hydrogens (tertiary/aromatic N) is 4. The molecule has 0 bridgehead atoms. The summed E-state index contributed by atoms with van der Waals surface area (Å²) in [6, 6.07) is 12.2. The summed E-state index contributed by atoms with van der Waals surface area (Å²) in [5.74, 6) is 1.27. The molecule has 0 atom stereocenters. The highest BCUT2D eigenvalue weighted by molar-refractivity contribution is 7.12. The molecule has 3 aromatic heterocycles. The van der Waals surface area contributed by atoms with E-state index in [2.05, 4.69) is 15.1 Å². The average molecular weight is 395 g/mol. The minimum Gasteiger partial charge on any atom is -0.497 e. The number of anilines is 1. The molecule has 0 saturated heterocycles. The predicted molar refractivity (Wildman–Crippen MR) is 106 cm³/mol. The van der Waals surface area contributed by atoms with Crippen LogP contribution in [0.1, 0.15) is 21.2 Å². The lowest BCUT2D eigenvalue weighted by Gasteiger charge is -2.21. The van der Waals surface area contributed by atoms with E-state index < -0.39 is 0 Å². The monoisotopic (exact) mass is 395 g/mol. The molecule has 28 heavy (non-hydrogen) atoms. The van der Waals surface area contributed by atoms with Crippen LogP contribution in [0.3, 0.4) is 0 Å². The number of carbonyl (C=O) groups is 1. The summed E-state index contributed by atoms with van der Waals surface area (Å²) >= 11 is 1.37. The largest absolute Gasteiger partial charge is 0.497 e. The number of nitrogens with one attached hydrogen (secondary N) is 1. The molecule has 0 aliphatic carbocycles. The maximum atomic E-state index is 13.1. The van der Waals surface area contributed by atoms with Crippen LogP contribution in [0.15, 0.2) is 52.6 Å². The highest BCUT2D eigenvalue weighted by Crippen LogP contribution is 2.24. The van der Waals surface area contributed by atoms with Crippen LogP contribution < -0.4 is 15.2 Å². The van der Waals surface area contributed by atoms with Gasteiger partial charge in [-0.05, 0) is 42.6 Å². The quantitative estimate of drug-likeness (QED) is 0.561. The fraction of sp³-hybridized carbons (Fsp3) is 0.158. The van der Waals surface area contributed by atoms with Gasteiger partial charge in [0.25, 0.3) is 17.2 Å². The number of H-pyrrole nitrogens is 1. The standard InChI is InChI=1S/C19H17N5O3S/c1-12-10-17(25)24-19(20-12)21-16(22-24)11-23(18(26)15-4-3-9-28-15)13-5-7-14(27-2)8-6-13/h3-10H,11H2,1-2H3,(H,20,21,22). The van der Waals surface area contributed by atoms with E-state index in [1.165, 1.54) is 21.9 Å². The topological polar surface area (TPSA) is 92.6 Å². The number of carbonyl (C=O) groups excluding carboxylic acids is 1. The first-order valence-corrected chi connectivity index (χ1v) is 9.38. The molecule has 0 radical (unpaired) electrons. The van der Waals surface area contributed by atoms with Crippen molar-refractivity contribution in [2.45, 2.75) is 13.5 Å². The summed E-state index contributed by atoms with van der Waals surface area (Å²) in [5.41, 5.74) is 1.03. The fourth-order valence-electron chi connectivity index (χ4n) is 2.83. The van der Waals surface area contributed by atoms with E-state index in [9.17, 15) is 9.59 Å². The van der Waals surface area contributed by atoms with E-state index in [-0.39, 0.29) is 23.8 Å². The second-order valence-electron chi connectivity index (χ2n) is 6.11. The lowest BCUT2D eigenvalue weighted by molar-refractivity contribution is 0.0988. The van der Waals surface area contributed by atoms with Crippen molar-refractivity contribution in [3.8, 4) is 5.75 Å². The molecule has 0 fully saturated rings. The predicted octanol–water partition coefficient (Wildman–Crippen LogP) is 2.64. The van der Waals surface area contributed by atoms with Crippen molar-refractivity contribution in [3.63, 3.8) is 0 Å². The summed E-state index contributed by atoms with van der Waals surface area (Å²) in [7, 11) is 1.59. The number of methoxy groups -OCH3 is 1. The lowest BCUT2D eigenvalue weighted by atomic mass is 10.2. The van der Waals surface area contributed by atoms with E-state index in [0.717, 1.165) is 0 Å². The van der Waals surface area contributed by atoms with Crippen molar-refractivity contribution in [1.82, 2.24) is 19.6 Å². The van der Waals surface area contributed by atoms with Crippen LogP contribution in [0.25, 0.3) is 5.78 Å². The fourth-order valence-corrected chi connectivity index (χ4v) is 3.50. The molecule has 0 spiro atoms. The molecule has 0 aliphatic heterocycles. The van der Waals surface area contributed by atoms with Gasteiger partial charge in [0.1, 0.15) is 11.6 Å². The van der Waals surface area contributed by atoms with Gasteiger partial charge in [0.05, 0.1) is 18.5 Å². The van der Waals surface area contributed by atoms with E-state index in [1.54, 1.807) is 37.1 Å². The second kappa shape index (κ2) is 7.28. The van der Waals surface area contributed by atoms with Gasteiger partial charge in [-0.15, -0.1) is 11.3 Å². The van der Waals surface area contributed by atoms with Crippen LogP contribution >= 0.6 is 11.3 Å². The van der Waals surface area contributed by atoms with E-state index >= 15 is 0 Å². The Kier molecular flexibility index (Phi) is 4.66. The van der Waals surface area contributed by atoms with Crippen LogP contribution in [-0.4, -0.2) is 32.6 Å². The number of benzene rings is 1. The molecule has 1 amide bonds. The Morgan fingerprint density at radius 2 is 2.04 bits per heavy atom. The number of hydrogen-bond acceptors (Lipinski definition) is 6. The minimum absolute atomic E-state index is 0.155. The third kappa shape index (κ3) is 3.39. The first-order valence-electron chi connectivity index (χ1n) is 8.50. The van der Waals surface area contributed by atoms with Crippen molar-refractivity contribution in [3.05, 3.63) is 74.6 Å². The molecule has 4 rings (SSSR count). The number of aromatic nitrogens is 4. The van der Waals surface area contributed by atoms with Crippen LogP contribution in [0.4, 0.5) is 5.69 Å². The number of aryl methyl sites for hydroxylation is 1. The molecule has 1 aromatic carbocycles. The van der Waals surface area contributed by atoms with Gasteiger partial charge < -0.3 is 9.64 Å². The van der Waals surface area contributed by atoms with Crippen LogP contribution in [-0.2, 0) is 6.54 Å². The van der Waals surface area contributed by atoms with Crippen molar-refractivity contribution in [2.75, 3.05) is 12.0 Å². The van der Waals surface area contributed by atoms with Gasteiger partial charge >= 0.3 is 0 Å². The second-order valence-corrected chi connectivity index (χ2v) is 7.06. The third-order valence-electron chi connectivity index (χ3n) is 4.17. The summed E-state index contributed by atoms with van der Waals surface area (Å²) in [6.07, 6.45) is 0. The van der Waals surface area contributed by atoms with Gasteiger partial charge in [-0.2, -0.15) is 9.50 Å². The SMILES string of the molecule is COc1ccc(N(Cc2nc3nc(C)cc(=O)n3[nH]2)C(=O)c2cccs2)cc1. The molecular formula is C19H17N5O3S. The number of fused-ring (bicyclic) bond motifs is 1. The summed E-state index contributed by atoms with van der Waals surface area (Å²) in [4.78, 5) is 36.0. The Labute approximate surface area is 164 Å². The minimum atomic E-state index is -0.248. The maximum absolute atomic E-state index is 13.1. The molecule has 8 nitrogen and oxygen atoms in total. The molecule has 142 valence electrons. The Morgan fingerprint density at radius 3 is 2.71 bits per heavy atom. The first kappa shape index (κ1) is 17.9. The number of ether oxygens (including phenoxy) is 1. The lowest BCUT2D eigenvalue weighted by Crippen LogP contribution is -2.30. The van der Waals surface area contributed by atoms with Gasteiger partial charge in [0.2, 0.25) is 0 Å². The summed E-state index contributed by atoms with van der Waals surface area (Å²) in [6.45, 7) is 1.89. The summed E-state index contributed by atoms with van der Waals surface area (Å²) < 4.78 is 6.47. The molecule has 0 saturated carbocycles. The van der Waals surface area contributed by atoms with Crippen molar-refractivity contribution >= 4 is 28.7 Å². The highest BCUT2D eigenvalue weighted by Gasteiger charge is 2.21. The van der Waals surface area contributed by atoms with Crippen molar-refractivity contribution in [1.29, 1.82) is 0 Å². The molecule has 3 heterocycles. The molecule has 4 aromatic rings. The molecule has 0 unspecified atom stereocenters. The van der Waals surface area contributed by atoms with E-state index in [0.29, 0.717) is 27.8 Å². The molecule has 0 aliphatic rings. The molecule has 1 N–H and O–H groups in total. The van der Waals surface area contributed by atoms with Crippen molar-refractivity contribution in [2.24, 2.45) is 0 Å². The Balaban J connectivity index is 1.73. The smallest absolute Gasteiger partial charge is 0.274 e. The Hall–Kier alpha value is -3.46. The van der Waals surface area contributed by atoms with Gasteiger partial charge in [-0.1, -0.05) is 6.07 Å². The van der Waals surface area contributed by atoms with Gasteiger partial charge in [0.15, 0.2) is 0 Å². The summed E-state index contributed by atoms with van der Waals surface area (Å²) in [5, 5.41) is 4.78. The zero-order valence-electron chi connectivity index (χ0n) is 15.2. The number of amides is 1. The average Bonchev–Trinajstić information content (AvgIpc) is 3.35. The number of aromatic amines is 1. The third-order valence-corrected chi connectivity index (χ3v) is 5.03. The molecular weight excluding hydrogens is 378 g/mol. The highest BCUT2D eigenvalue weighted by atomic mass is 32.1. The zero-order valence-corrected chi connectivity index (χ0v) is 16.1. The first-order chi connectivity index (χ1) is 13.5. The Bertz CT molecular complexity index is 1180. The van der Waals surface area contributed by atoms with Gasteiger partial charge in [0, 0.05) is 17.4 Å². The number of thiophene rings is 1. The van der Waals surface area contributed by atoms with Gasteiger partial charge in [-0.3, -0.25) is 14.7 Å².